The molecular formula is C17H9F3N4O2. The molecule has 0 aliphatic carbocycles. The van der Waals surface area contributed by atoms with Gasteiger partial charge in [0.2, 0.25) is 5.89 Å². The third kappa shape index (κ3) is 2.63. The van der Waals surface area contributed by atoms with Crippen LogP contribution in [0.2, 0.25) is 0 Å². The zero-order valence-electron chi connectivity index (χ0n) is 12.9. The lowest BCUT2D eigenvalue weighted by Gasteiger charge is -2.10. The van der Waals surface area contributed by atoms with E-state index in [1.165, 1.54) is 30.9 Å². The molecule has 9 heteroatoms. The second-order valence-corrected chi connectivity index (χ2v) is 5.35. The van der Waals surface area contributed by atoms with Crippen LogP contribution in [0.5, 0.6) is 0 Å². The molecule has 0 aliphatic heterocycles. The highest BCUT2D eigenvalue weighted by atomic mass is 19.4. The van der Waals surface area contributed by atoms with E-state index in [9.17, 15) is 18.0 Å². The van der Waals surface area contributed by atoms with Crippen molar-refractivity contribution in [2.24, 2.45) is 0 Å². The summed E-state index contributed by atoms with van der Waals surface area (Å²) in [7, 11) is 0. The normalized spacial score (nSPS) is 11.8. The zero-order valence-corrected chi connectivity index (χ0v) is 12.9. The summed E-state index contributed by atoms with van der Waals surface area (Å²) in [5.41, 5.74) is -1.95. The number of hydrogen-bond donors (Lipinski definition) is 0. The molecule has 0 spiro atoms. The SMILES string of the molecule is O=c1oc(-c2cccnc2-n2ccnc2)nc2cccc(C(F)(F)F)c12. The van der Waals surface area contributed by atoms with Crippen molar-refractivity contribution in [2.75, 3.05) is 0 Å². The number of fused-ring (bicyclic) bond motifs is 1. The van der Waals surface area contributed by atoms with Crippen molar-refractivity contribution in [3.8, 4) is 17.3 Å². The minimum atomic E-state index is -4.69. The predicted molar refractivity (Wildman–Crippen MR) is 85.6 cm³/mol. The maximum atomic E-state index is 13.1. The number of imidazole rings is 1. The van der Waals surface area contributed by atoms with Crippen LogP contribution < -0.4 is 5.63 Å². The Morgan fingerprint density at radius 2 is 1.92 bits per heavy atom. The van der Waals surface area contributed by atoms with Gasteiger partial charge >= 0.3 is 11.8 Å². The predicted octanol–water partition coefficient (Wildman–Crippen LogP) is 3.45. The van der Waals surface area contributed by atoms with Crippen molar-refractivity contribution >= 4 is 10.9 Å². The Labute approximate surface area is 143 Å². The highest BCUT2D eigenvalue weighted by molar-refractivity contribution is 5.83. The van der Waals surface area contributed by atoms with Crippen molar-refractivity contribution in [1.82, 2.24) is 19.5 Å². The summed E-state index contributed by atoms with van der Waals surface area (Å²) < 4.78 is 46.1. The Hall–Kier alpha value is -3.49. The Bertz CT molecular complexity index is 1150. The van der Waals surface area contributed by atoms with Gasteiger partial charge in [0.25, 0.3) is 0 Å². The van der Waals surface area contributed by atoms with E-state index < -0.39 is 22.8 Å². The lowest BCUT2D eigenvalue weighted by Crippen LogP contribution is -2.13. The number of pyridine rings is 1. The first-order chi connectivity index (χ1) is 12.4. The fourth-order valence-corrected chi connectivity index (χ4v) is 2.62. The fraction of sp³-hybridized carbons (Fsp3) is 0.0588. The van der Waals surface area contributed by atoms with Crippen LogP contribution in [0.4, 0.5) is 13.2 Å². The Morgan fingerprint density at radius 3 is 2.65 bits per heavy atom. The van der Waals surface area contributed by atoms with E-state index in [1.807, 2.05) is 0 Å². The molecule has 0 fully saturated rings. The van der Waals surface area contributed by atoms with Crippen LogP contribution in [0.25, 0.3) is 28.2 Å². The van der Waals surface area contributed by atoms with Crippen LogP contribution in [0.15, 0.2) is 64.5 Å². The number of hydrogen-bond acceptors (Lipinski definition) is 5. The van der Waals surface area contributed by atoms with E-state index >= 15 is 0 Å². The first-order valence-electron chi connectivity index (χ1n) is 7.40. The Kier molecular flexibility index (Phi) is 3.57. The molecule has 3 aromatic heterocycles. The van der Waals surface area contributed by atoms with Crippen molar-refractivity contribution in [1.29, 1.82) is 0 Å². The molecule has 0 N–H and O–H groups in total. The van der Waals surface area contributed by atoms with E-state index in [1.54, 1.807) is 22.9 Å². The number of alkyl halides is 3. The van der Waals surface area contributed by atoms with Crippen LogP contribution >= 0.6 is 0 Å². The summed E-state index contributed by atoms with van der Waals surface area (Å²) in [6, 6.07) is 6.56. The Morgan fingerprint density at radius 1 is 1.08 bits per heavy atom. The summed E-state index contributed by atoms with van der Waals surface area (Å²) in [6.07, 6.45) is 1.50. The average molecular weight is 358 g/mol. The van der Waals surface area contributed by atoms with Crippen LogP contribution in [-0.2, 0) is 6.18 Å². The number of rotatable bonds is 2. The smallest absolute Gasteiger partial charge is 0.403 e. The summed E-state index contributed by atoms with van der Waals surface area (Å²) >= 11 is 0. The summed E-state index contributed by atoms with van der Waals surface area (Å²) in [4.78, 5) is 24.5. The molecule has 0 aliphatic rings. The van der Waals surface area contributed by atoms with Gasteiger partial charge in [-0.15, -0.1) is 0 Å². The second kappa shape index (κ2) is 5.80. The molecule has 26 heavy (non-hydrogen) atoms. The summed E-state index contributed by atoms with van der Waals surface area (Å²) in [5, 5.41) is -0.600. The van der Waals surface area contributed by atoms with Crippen LogP contribution in [0.3, 0.4) is 0 Å². The van der Waals surface area contributed by atoms with Gasteiger partial charge in [-0.25, -0.2) is 19.7 Å². The standard InChI is InChI=1S/C17H9F3N4O2/c18-17(19,20)11-4-1-5-12-13(11)16(25)26-15(23-12)10-3-2-6-22-14(10)24-8-7-21-9-24/h1-9H. The quantitative estimate of drug-likeness (QED) is 0.549. The molecule has 130 valence electrons. The maximum Gasteiger partial charge on any atom is 0.417 e. The van der Waals surface area contributed by atoms with Gasteiger partial charge in [-0.05, 0) is 24.3 Å². The van der Waals surface area contributed by atoms with Gasteiger partial charge < -0.3 is 4.42 Å². The monoisotopic (exact) mass is 358 g/mol. The molecule has 0 atom stereocenters. The third-order valence-electron chi connectivity index (χ3n) is 3.73. The molecule has 4 rings (SSSR count). The van der Waals surface area contributed by atoms with Gasteiger partial charge in [-0.1, -0.05) is 6.07 Å². The first kappa shape index (κ1) is 16.0. The molecular weight excluding hydrogens is 349 g/mol. The minimum absolute atomic E-state index is 0.105. The van der Waals surface area contributed by atoms with Gasteiger partial charge in [0.1, 0.15) is 6.33 Å². The molecule has 0 radical (unpaired) electrons. The number of benzene rings is 1. The number of nitrogens with zero attached hydrogens (tertiary/aromatic N) is 4. The van der Waals surface area contributed by atoms with Gasteiger partial charge in [-0.2, -0.15) is 13.2 Å². The molecule has 0 saturated heterocycles. The summed E-state index contributed by atoms with van der Waals surface area (Å²) in [5.74, 6) is 0.255. The van der Waals surface area contributed by atoms with E-state index in [0.29, 0.717) is 11.4 Å². The van der Waals surface area contributed by atoms with E-state index in [-0.39, 0.29) is 11.4 Å². The van der Waals surface area contributed by atoms with E-state index in [0.717, 1.165) is 6.07 Å². The molecule has 0 unspecified atom stereocenters. The molecule has 0 bridgehead atoms. The molecule has 3 heterocycles. The van der Waals surface area contributed by atoms with Crippen LogP contribution in [0, 0.1) is 0 Å². The average Bonchev–Trinajstić information content (AvgIpc) is 3.15. The van der Waals surface area contributed by atoms with Crippen molar-refractivity contribution in [3.63, 3.8) is 0 Å². The molecule has 0 saturated carbocycles. The second-order valence-electron chi connectivity index (χ2n) is 5.35. The van der Waals surface area contributed by atoms with Crippen molar-refractivity contribution in [2.45, 2.75) is 6.18 Å². The number of aromatic nitrogens is 4. The lowest BCUT2D eigenvalue weighted by atomic mass is 10.1. The lowest BCUT2D eigenvalue weighted by molar-refractivity contribution is -0.136. The van der Waals surface area contributed by atoms with Gasteiger partial charge in [0.05, 0.1) is 22.0 Å². The molecule has 6 nitrogen and oxygen atoms in total. The molecule has 4 aromatic rings. The van der Waals surface area contributed by atoms with Crippen LogP contribution in [0.1, 0.15) is 5.56 Å². The van der Waals surface area contributed by atoms with Crippen LogP contribution in [-0.4, -0.2) is 19.5 Å². The topological polar surface area (TPSA) is 73.8 Å². The molecule has 1 aromatic carbocycles. The van der Waals surface area contributed by atoms with Gasteiger partial charge in [0.15, 0.2) is 5.82 Å². The maximum absolute atomic E-state index is 13.1. The largest absolute Gasteiger partial charge is 0.417 e. The first-order valence-corrected chi connectivity index (χ1v) is 7.40. The van der Waals surface area contributed by atoms with E-state index in [4.69, 9.17) is 4.42 Å². The summed E-state index contributed by atoms with van der Waals surface area (Å²) in [6.45, 7) is 0. The van der Waals surface area contributed by atoms with E-state index in [2.05, 4.69) is 15.0 Å². The highest BCUT2D eigenvalue weighted by Gasteiger charge is 2.34. The zero-order chi connectivity index (χ0) is 18.3. The third-order valence-corrected chi connectivity index (χ3v) is 3.73. The number of halogens is 3. The Balaban J connectivity index is 1.98. The van der Waals surface area contributed by atoms with Crippen molar-refractivity contribution in [3.05, 3.63) is 71.2 Å². The fourth-order valence-electron chi connectivity index (χ4n) is 2.62. The van der Waals surface area contributed by atoms with Gasteiger partial charge in [0, 0.05) is 18.6 Å². The highest BCUT2D eigenvalue weighted by Crippen LogP contribution is 2.33. The van der Waals surface area contributed by atoms with Crippen molar-refractivity contribution < 1.29 is 17.6 Å². The molecule has 0 amide bonds. The van der Waals surface area contributed by atoms with Gasteiger partial charge in [-0.3, -0.25) is 4.57 Å². The minimum Gasteiger partial charge on any atom is -0.403 e.